The number of carbonyl (C=O) groups is 2. The Bertz CT molecular complexity index is 313. The zero-order valence-electron chi connectivity index (χ0n) is 8.13. The Morgan fingerprint density at radius 3 is 2.79 bits per heavy atom. The number of amides is 2. The van der Waals surface area contributed by atoms with Crippen LogP contribution in [-0.2, 0) is 14.3 Å². The van der Waals surface area contributed by atoms with Gasteiger partial charge in [0.25, 0.3) is 5.91 Å². The highest BCUT2D eigenvalue weighted by molar-refractivity contribution is 6.13. The maximum atomic E-state index is 11.4. The third kappa shape index (κ3) is 1.57. The Kier molecular flexibility index (Phi) is 2.37. The van der Waals surface area contributed by atoms with Crippen LogP contribution in [0.25, 0.3) is 0 Å². The van der Waals surface area contributed by atoms with Gasteiger partial charge in [0.15, 0.2) is 0 Å². The minimum atomic E-state index is -0.223. The zero-order valence-corrected chi connectivity index (χ0v) is 8.13. The molecule has 2 aliphatic rings. The van der Waals surface area contributed by atoms with E-state index in [1.54, 1.807) is 0 Å². The molecule has 0 aromatic carbocycles. The van der Waals surface area contributed by atoms with E-state index in [9.17, 15) is 9.59 Å². The summed E-state index contributed by atoms with van der Waals surface area (Å²) >= 11 is 0. The number of imide groups is 1. The molecule has 2 heterocycles. The monoisotopic (exact) mass is 195 g/mol. The molecule has 4 nitrogen and oxygen atoms in total. The molecule has 14 heavy (non-hydrogen) atoms. The van der Waals surface area contributed by atoms with Crippen molar-refractivity contribution in [2.24, 2.45) is 5.92 Å². The van der Waals surface area contributed by atoms with Crippen LogP contribution in [0, 0.1) is 5.92 Å². The molecule has 2 amide bonds. The average Bonchev–Trinajstić information content (AvgIpc) is 2.73. The second-order valence-corrected chi connectivity index (χ2v) is 3.78. The van der Waals surface area contributed by atoms with Crippen LogP contribution in [0.1, 0.15) is 19.8 Å². The third-order valence-electron chi connectivity index (χ3n) is 2.88. The first kappa shape index (κ1) is 9.40. The van der Waals surface area contributed by atoms with E-state index in [4.69, 9.17) is 4.74 Å². The summed E-state index contributed by atoms with van der Waals surface area (Å²) in [6, 6.07) is 0. The summed E-state index contributed by atoms with van der Waals surface area (Å²) < 4.78 is 5.25. The molecule has 2 rings (SSSR count). The number of carbonyl (C=O) groups excluding carboxylic acids is 2. The number of hydrogen-bond donors (Lipinski definition) is 1. The number of ether oxygens (including phenoxy) is 1. The summed E-state index contributed by atoms with van der Waals surface area (Å²) in [7, 11) is 0. The maximum absolute atomic E-state index is 11.4. The first-order valence-corrected chi connectivity index (χ1v) is 4.80. The van der Waals surface area contributed by atoms with Crippen molar-refractivity contribution < 1.29 is 14.3 Å². The zero-order chi connectivity index (χ0) is 10.1. The summed E-state index contributed by atoms with van der Waals surface area (Å²) in [4.78, 5) is 22.3. The summed E-state index contributed by atoms with van der Waals surface area (Å²) in [5.41, 5.74) is 1.66. The van der Waals surface area contributed by atoms with Gasteiger partial charge in [-0.05, 0) is 13.3 Å². The second-order valence-electron chi connectivity index (χ2n) is 3.78. The van der Waals surface area contributed by atoms with Gasteiger partial charge in [-0.3, -0.25) is 14.9 Å². The molecule has 1 N–H and O–H groups in total. The molecule has 0 bridgehead atoms. The Balaban J connectivity index is 2.21. The summed E-state index contributed by atoms with van der Waals surface area (Å²) in [6.45, 7) is 3.36. The van der Waals surface area contributed by atoms with Gasteiger partial charge in [0.05, 0.1) is 13.0 Å². The van der Waals surface area contributed by atoms with E-state index >= 15 is 0 Å². The molecule has 1 unspecified atom stereocenters. The summed E-state index contributed by atoms with van der Waals surface area (Å²) in [5.74, 6) is -0.0932. The number of rotatable bonds is 1. The van der Waals surface area contributed by atoms with Gasteiger partial charge in [-0.25, -0.2) is 0 Å². The van der Waals surface area contributed by atoms with Gasteiger partial charge in [0, 0.05) is 18.1 Å². The van der Waals surface area contributed by atoms with Crippen molar-refractivity contribution in [2.45, 2.75) is 19.8 Å². The second kappa shape index (κ2) is 3.53. The van der Waals surface area contributed by atoms with Crippen molar-refractivity contribution in [3.05, 3.63) is 11.1 Å². The first-order valence-electron chi connectivity index (χ1n) is 4.80. The Morgan fingerprint density at radius 2 is 2.29 bits per heavy atom. The largest absolute Gasteiger partial charge is 0.381 e. The van der Waals surface area contributed by atoms with Gasteiger partial charge >= 0.3 is 0 Å². The fraction of sp³-hybridized carbons (Fsp3) is 0.600. The summed E-state index contributed by atoms with van der Waals surface area (Å²) in [5, 5.41) is 2.29. The standard InChI is InChI=1S/C10H13NO3/c1-6(7-2-3-14-5-7)8-4-9(12)11-10(8)13/h7H,2-5H2,1H3,(H,11,12,13). The van der Waals surface area contributed by atoms with Crippen LogP contribution < -0.4 is 5.32 Å². The molecule has 0 saturated carbocycles. The van der Waals surface area contributed by atoms with E-state index in [-0.39, 0.29) is 18.2 Å². The minimum Gasteiger partial charge on any atom is -0.381 e. The Labute approximate surface area is 82.3 Å². The fourth-order valence-corrected chi connectivity index (χ4v) is 1.93. The highest BCUT2D eigenvalue weighted by Crippen LogP contribution is 2.26. The van der Waals surface area contributed by atoms with Gasteiger partial charge in [-0.1, -0.05) is 5.57 Å². The topological polar surface area (TPSA) is 55.4 Å². The molecule has 2 saturated heterocycles. The van der Waals surface area contributed by atoms with Gasteiger partial charge in [-0.15, -0.1) is 0 Å². The van der Waals surface area contributed by atoms with Crippen molar-refractivity contribution in [3.8, 4) is 0 Å². The molecular formula is C10H13NO3. The highest BCUT2D eigenvalue weighted by atomic mass is 16.5. The average molecular weight is 195 g/mol. The molecule has 0 aromatic rings. The van der Waals surface area contributed by atoms with Crippen LogP contribution in [0.15, 0.2) is 11.1 Å². The summed E-state index contributed by atoms with van der Waals surface area (Å²) in [6.07, 6.45) is 1.19. The van der Waals surface area contributed by atoms with Crippen LogP contribution in [0.4, 0.5) is 0 Å². The lowest BCUT2D eigenvalue weighted by molar-refractivity contribution is -0.124. The molecule has 2 fully saturated rings. The quantitative estimate of drug-likeness (QED) is 0.486. The minimum absolute atomic E-state index is 0.191. The molecule has 0 aromatic heterocycles. The Hall–Kier alpha value is -1.16. The van der Waals surface area contributed by atoms with Gasteiger partial charge in [0.2, 0.25) is 5.91 Å². The van der Waals surface area contributed by atoms with Crippen LogP contribution in [0.2, 0.25) is 0 Å². The van der Waals surface area contributed by atoms with Crippen LogP contribution >= 0.6 is 0 Å². The molecule has 2 aliphatic heterocycles. The van der Waals surface area contributed by atoms with Crippen molar-refractivity contribution in [1.82, 2.24) is 5.32 Å². The van der Waals surface area contributed by atoms with Crippen molar-refractivity contribution in [2.75, 3.05) is 13.2 Å². The molecule has 0 radical (unpaired) electrons. The van der Waals surface area contributed by atoms with Crippen LogP contribution in [0.3, 0.4) is 0 Å². The predicted molar refractivity (Wildman–Crippen MR) is 49.4 cm³/mol. The molecule has 1 atom stereocenters. The van der Waals surface area contributed by atoms with Gasteiger partial charge in [0.1, 0.15) is 0 Å². The lowest BCUT2D eigenvalue weighted by atomic mass is 9.94. The van der Waals surface area contributed by atoms with E-state index in [2.05, 4.69) is 5.32 Å². The fourth-order valence-electron chi connectivity index (χ4n) is 1.93. The molecule has 4 heteroatoms. The lowest BCUT2D eigenvalue weighted by Gasteiger charge is -2.09. The van der Waals surface area contributed by atoms with E-state index in [0.717, 1.165) is 18.6 Å². The maximum Gasteiger partial charge on any atom is 0.254 e. The Morgan fingerprint density at radius 1 is 1.50 bits per heavy atom. The van der Waals surface area contributed by atoms with E-state index in [0.29, 0.717) is 18.1 Å². The van der Waals surface area contributed by atoms with Crippen molar-refractivity contribution in [1.29, 1.82) is 0 Å². The van der Waals surface area contributed by atoms with Crippen LogP contribution in [0.5, 0.6) is 0 Å². The highest BCUT2D eigenvalue weighted by Gasteiger charge is 2.29. The van der Waals surface area contributed by atoms with Gasteiger partial charge in [-0.2, -0.15) is 0 Å². The number of nitrogens with one attached hydrogen (secondary N) is 1. The van der Waals surface area contributed by atoms with Gasteiger partial charge < -0.3 is 4.74 Å². The molecule has 0 aliphatic carbocycles. The normalized spacial score (nSPS) is 30.8. The predicted octanol–water partition coefficient (Wildman–Crippen LogP) is 0.386. The number of hydrogen-bond acceptors (Lipinski definition) is 3. The van der Waals surface area contributed by atoms with Crippen molar-refractivity contribution >= 4 is 11.8 Å². The molecule has 0 spiro atoms. The lowest BCUT2D eigenvalue weighted by Crippen LogP contribution is -2.20. The van der Waals surface area contributed by atoms with E-state index in [1.807, 2.05) is 6.92 Å². The third-order valence-corrected chi connectivity index (χ3v) is 2.88. The molecule has 76 valence electrons. The van der Waals surface area contributed by atoms with Crippen molar-refractivity contribution in [3.63, 3.8) is 0 Å². The van der Waals surface area contributed by atoms with E-state index in [1.165, 1.54) is 0 Å². The molecular weight excluding hydrogens is 182 g/mol. The first-order chi connectivity index (χ1) is 6.68. The van der Waals surface area contributed by atoms with Crippen LogP contribution in [-0.4, -0.2) is 25.0 Å². The smallest absolute Gasteiger partial charge is 0.254 e. The van der Waals surface area contributed by atoms with E-state index < -0.39 is 0 Å². The SMILES string of the molecule is CC(=C1CC(=O)NC1=O)C1CCOC1.